The number of esters is 1. The number of rotatable bonds is 8. The zero-order chi connectivity index (χ0) is 12.1. The SMILES string of the molecule is CCCCC#CCCOC(=O)CCCCC. The molecule has 0 N–H and O–H groups in total. The summed E-state index contributed by atoms with van der Waals surface area (Å²) in [6.45, 7) is 4.72. The fraction of sp³-hybridized carbons (Fsp3) is 0.786. The van der Waals surface area contributed by atoms with Gasteiger partial charge in [0.25, 0.3) is 0 Å². The van der Waals surface area contributed by atoms with E-state index in [9.17, 15) is 4.79 Å². The Kier molecular flexibility index (Phi) is 11.4. The van der Waals surface area contributed by atoms with Crippen LogP contribution >= 0.6 is 0 Å². The average molecular weight is 224 g/mol. The molecule has 0 aliphatic heterocycles. The molecule has 0 unspecified atom stereocenters. The summed E-state index contributed by atoms with van der Waals surface area (Å²) in [6.07, 6.45) is 7.70. The molecule has 0 saturated carbocycles. The molecule has 92 valence electrons. The molecule has 0 spiro atoms. The van der Waals surface area contributed by atoms with Gasteiger partial charge in [0.1, 0.15) is 6.61 Å². The first-order valence-electron chi connectivity index (χ1n) is 6.42. The van der Waals surface area contributed by atoms with Crippen molar-refractivity contribution >= 4 is 5.97 Å². The predicted molar refractivity (Wildman–Crippen MR) is 67.0 cm³/mol. The third-order valence-electron chi connectivity index (χ3n) is 2.25. The summed E-state index contributed by atoms with van der Waals surface area (Å²) < 4.78 is 5.05. The Hall–Kier alpha value is -0.970. The minimum Gasteiger partial charge on any atom is -0.465 e. The highest BCUT2D eigenvalue weighted by Gasteiger charge is 2.00. The van der Waals surface area contributed by atoms with Crippen LogP contribution in [0.1, 0.15) is 65.2 Å². The van der Waals surface area contributed by atoms with Crippen LogP contribution in [-0.4, -0.2) is 12.6 Å². The molecular weight excluding hydrogens is 200 g/mol. The Bertz CT molecular complexity index is 223. The molecule has 2 nitrogen and oxygen atoms in total. The first-order chi connectivity index (χ1) is 7.81. The molecule has 0 aromatic rings. The van der Waals surface area contributed by atoms with Gasteiger partial charge in [-0.05, 0) is 12.8 Å². The molecule has 0 fully saturated rings. The molecule has 2 heteroatoms. The average Bonchev–Trinajstić information content (AvgIpc) is 2.28. The van der Waals surface area contributed by atoms with Gasteiger partial charge in [-0.25, -0.2) is 0 Å². The van der Waals surface area contributed by atoms with Crippen molar-refractivity contribution in [2.75, 3.05) is 6.61 Å². The van der Waals surface area contributed by atoms with Crippen molar-refractivity contribution in [3.8, 4) is 11.8 Å². The molecule has 0 atom stereocenters. The maximum Gasteiger partial charge on any atom is 0.305 e. The van der Waals surface area contributed by atoms with Crippen LogP contribution in [0.3, 0.4) is 0 Å². The lowest BCUT2D eigenvalue weighted by Gasteiger charge is -2.01. The molecule has 0 amide bonds. The van der Waals surface area contributed by atoms with Crippen LogP contribution in [0.15, 0.2) is 0 Å². The Balaban J connectivity index is 3.29. The molecule has 0 bridgehead atoms. The van der Waals surface area contributed by atoms with E-state index in [0.717, 1.165) is 32.1 Å². The maximum atomic E-state index is 11.2. The van der Waals surface area contributed by atoms with Gasteiger partial charge in [-0.1, -0.05) is 39.0 Å². The molecule has 0 aliphatic carbocycles. The van der Waals surface area contributed by atoms with Crippen LogP contribution in [0.2, 0.25) is 0 Å². The van der Waals surface area contributed by atoms with Crippen LogP contribution in [0.4, 0.5) is 0 Å². The van der Waals surface area contributed by atoms with Crippen LogP contribution in [0, 0.1) is 11.8 Å². The number of hydrogen-bond acceptors (Lipinski definition) is 2. The lowest BCUT2D eigenvalue weighted by molar-refractivity contribution is -0.143. The fourth-order valence-corrected chi connectivity index (χ4v) is 1.25. The summed E-state index contributed by atoms with van der Waals surface area (Å²) in [7, 11) is 0. The Labute approximate surface area is 99.8 Å². The van der Waals surface area contributed by atoms with Crippen LogP contribution in [0.25, 0.3) is 0 Å². The first-order valence-corrected chi connectivity index (χ1v) is 6.42. The molecular formula is C14H24O2. The van der Waals surface area contributed by atoms with E-state index < -0.39 is 0 Å². The van der Waals surface area contributed by atoms with E-state index in [1.807, 2.05) is 0 Å². The molecule has 0 radical (unpaired) electrons. The molecule has 0 saturated heterocycles. The van der Waals surface area contributed by atoms with Crippen molar-refractivity contribution in [3.05, 3.63) is 0 Å². The quantitative estimate of drug-likeness (QED) is 0.357. The minimum atomic E-state index is -0.0798. The van der Waals surface area contributed by atoms with Crippen molar-refractivity contribution in [3.63, 3.8) is 0 Å². The van der Waals surface area contributed by atoms with Gasteiger partial charge in [0.2, 0.25) is 0 Å². The summed E-state index contributed by atoms with van der Waals surface area (Å²) in [5.41, 5.74) is 0. The normalized spacial score (nSPS) is 9.38. The van der Waals surface area contributed by atoms with Gasteiger partial charge in [0.15, 0.2) is 0 Å². The molecule has 0 aromatic heterocycles. The number of ether oxygens (including phenoxy) is 1. The zero-order valence-electron chi connectivity index (χ0n) is 10.7. The van der Waals surface area contributed by atoms with E-state index in [-0.39, 0.29) is 5.97 Å². The predicted octanol–water partition coefficient (Wildman–Crippen LogP) is 3.69. The summed E-state index contributed by atoms with van der Waals surface area (Å²) in [5, 5.41) is 0. The van der Waals surface area contributed by atoms with Crippen molar-refractivity contribution < 1.29 is 9.53 Å². The van der Waals surface area contributed by atoms with Crippen molar-refractivity contribution in [2.24, 2.45) is 0 Å². The van der Waals surface area contributed by atoms with Crippen molar-refractivity contribution in [2.45, 2.75) is 65.2 Å². The van der Waals surface area contributed by atoms with Gasteiger partial charge < -0.3 is 4.74 Å². The van der Waals surface area contributed by atoms with E-state index in [1.165, 1.54) is 6.42 Å². The second-order valence-electron chi connectivity index (χ2n) is 3.88. The van der Waals surface area contributed by atoms with E-state index >= 15 is 0 Å². The Morgan fingerprint density at radius 2 is 1.69 bits per heavy atom. The van der Waals surface area contributed by atoms with Crippen molar-refractivity contribution in [1.82, 2.24) is 0 Å². The molecule has 0 aromatic carbocycles. The zero-order valence-corrected chi connectivity index (χ0v) is 10.7. The first kappa shape index (κ1) is 15.0. The third kappa shape index (κ3) is 11.1. The van der Waals surface area contributed by atoms with E-state index in [1.54, 1.807) is 0 Å². The van der Waals surface area contributed by atoms with Gasteiger partial charge in [0.05, 0.1) is 0 Å². The van der Waals surface area contributed by atoms with Crippen LogP contribution < -0.4 is 0 Å². The van der Waals surface area contributed by atoms with E-state index in [2.05, 4.69) is 25.7 Å². The summed E-state index contributed by atoms with van der Waals surface area (Å²) in [6, 6.07) is 0. The van der Waals surface area contributed by atoms with Crippen LogP contribution in [0.5, 0.6) is 0 Å². The number of carbonyl (C=O) groups is 1. The summed E-state index contributed by atoms with van der Waals surface area (Å²) >= 11 is 0. The smallest absolute Gasteiger partial charge is 0.305 e. The molecule has 16 heavy (non-hydrogen) atoms. The monoisotopic (exact) mass is 224 g/mol. The Morgan fingerprint density at radius 3 is 2.38 bits per heavy atom. The lowest BCUT2D eigenvalue weighted by Crippen LogP contribution is -2.04. The number of hydrogen-bond donors (Lipinski definition) is 0. The fourth-order valence-electron chi connectivity index (χ4n) is 1.25. The van der Waals surface area contributed by atoms with Gasteiger partial charge in [-0.15, -0.1) is 5.92 Å². The summed E-state index contributed by atoms with van der Waals surface area (Å²) in [4.78, 5) is 11.2. The third-order valence-corrected chi connectivity index (χ3v) is 2.25. The molecule has 0 heterocycles. The maximum absolute atomic E-state index is 11.2. The van der Waals surface area contributed by atoms with Gasteiger partial charge in [-0.3, -0.25) is 4.79 Å². The standard InChI is InChI=1S/C14H24O2/c1-3-5-7-8-9-11-13-16-14(15)12-10-6-4-2/h3-7,10-13H2,1-2H3. The number of carbonyl (C=O) groups excluding carboxylic acids is 1. The Morgan fingerprint density at radius 1 is 1.00 bits per heavy atom. The lowest BCUT2D eigenvalue weighted by atomic mass is 10.2. The highest BCUT2D eigenvalue weighted by atomic mass is 16.5. The van der Waals surface area contributed by atoms with Gasteiger partial charge in [-0.2, -0.15) is 0 Å². The largest absolute Gasteiger partial charge is 0.465 e. The number of unbranched alkanes of at least 4 members (excludes halogenated alkanes) is 4. The van der Waals surface area contributed by atoms with Crippen LogP contribution in [-0.2, 0) is 9.53 Å². The highest BCUT2D eigenvalue weighted by molar-refractivity contribution is 5.69. The highest BCUT2D eigenvalue weighted by Crippen LogP contribution is 2.00. The van der Waals surface area contributed by atoms with E-state index in [4.69, 9.17) is 4.74 Å². The second-order valence-corrected chi connectivity index (χ2v) is 3.88. The molecule has 0 rings (SSSR count). The minimum absolute atomic E-state index is 0.0798. The van der Waals surface area contributed by atoms with Gasteiger partial charge >= 0.3 is 5.97 Å². The summed E-state index contributed by atoms with van der Waals surface area (Å²) in [5.74, 6) is 6.01. The van der Waals surface area contributed by atoms with E-state index in [0.29, 0.717) is 19.4 Å². The van der Waals surface area contributed by atoms with Gasteiger partial charge in [0, 0.05) is 19.3 Å². The topological polar surface area (TPSA) is 26.3 Å². The molecule has 0 aliphatic rings. The second kappa shape index (κ2) is 12.1. The van der Waals surface area contributed by atoms with Crippen molar-refractivity contribution in [1.29, 1.82) is 0 Å².